The van der Waals surface area contributed by atoms with Crippen LogP contribution in [0.5, 0.6) is 0 Å². The Hall–Kier alpha value is -0.380. The largest absolute Gasteiger partial charge is 1.00 e. The summed E-state index contributed by atoms with van der Waals surface area (Å²) in [6.45, 7) is 6.63. The fraction of sp³-hybridized carbons (Fsp3) is 0.667. The molecule has 1 unspecified atom stereocenters. The highest BCUT2D eigenvalue weighted by molar-refractivity contribution is 5.95. The molecule has 3 nitrogen and oxygen atoms in total. The van der Waals surface area contributed by atoms with Gasteiger partial charge in [-0.05, 0) is 12.5 Å². The number of ether oxygens (including phenoxy) is 1. The van der Waals surface area contributed by atoms with Gasteiger partial charge in [-0.3, -0.25) is 9.28 Å². The summed E-state index contributed by atoms with van der Waals surface area (Å²) in [6, 6.07) is 0. The van der Waals surface area contributed by atoms with Crippen molar-refractivity contribution in [3.8, 4) is 0 Å². The molecule has 1 aliphatic heterocycles. The lowest BCUT2D eigenvalue weighted by Crippen LogP contribution is -3.00. The van der Waals surface area contributed by atoms with Gasteiger partial charge in [0.05, 0.1) is 14.1 Å². The molecule has 1 fully saturated rings. The number of carbonyl (C=O) groups excluding carboxylic acids is 1. The summed E-state index contributed by atoms with van der Waals surface area (Å²) in [7, 11) is 4.00. The normalized spacial score (nSPS) is 20.4. The second kappa shape index (κ2) is 4.22. The predicted molar refractivity (Wildman–Crippen MR) is 46.5 cm³/mol. The van der Waals surface area contributed by atoms with E-state index >= 15 is 0 Å². The van der Waals surface area contributed by atoms with Crippen LogP contribution in [0.15, 0.2) is 12.2 Å². The third-order valence-electron chi connectivity index (χ3n) is 2.12. The topological polar surface area (TPSA) is 29.6 Å². The maximum atomic E-state index is 11.3. The second-order valence-electron chi connectivity index (χ2n) is 3.93. The molecule has 1 heterocycles. The van der Waals surface area contributed by atoms with Gasteiger partial charge in [0.1, 0.15) is 13.2 Å². The van der Waals surface area contributed by atoms with E-state index in [2.05, 4.69) is 6.58 Å². The van der Waals surface area contributed by atoms with Crippen LogP contribution in [0.4, 0.5) is 0 Å². The number of Topliss-reactive ketones (excluding diaryl/α,β-unsaturated/α-hetero) is 1. The summed E-state index contributed by atoms with van der Waals surface area (Å²) in [5, 5.41) is 0. The standard InChI is InChI=1S/C9H16NO2.ClH/c1-7(2)8(11)5-10(3,4)9-6-12-9;/h9H,1,5-6H2,2-4H3;1H/q+1;/p-1. The maximum Gasteiger partial charge on any atom is 0.217 e. The Balaban J connectivity index is 0.00000144. The van der Waals surface area contributed by atoms with Crippen LogP contribution in [0.2, 0.25) is 0 Å². The van der Waals surface area contributed by atoms with Crippen molar-refractivity contribution < 1.29 is 26.4 Å². The monoisotopic (exact) mass is 205 g/mol. The summed E-state index contributed by atoms with van der Waals surface area (Å²) in [5.41, 5.74) is 0.627. The third-order valence-corrected chi connectivity index (χ3v) is 2.12. The number of likely N-dealkylation sites (N-methyl/N-ethyl adjacent to an activating group) is 1. The third kappa shape index (κ3) is 3.46. The first-order valence-corrected chi connectivity index (χ1v) is 4.06. The fourth-order valence-corrected chi connectivity index (χ4v) is 1.05. The second-order valence-corrected chi connectivity index (χ2v) is 3.93. The predicted octanol–water partition coefficient (Wildman–Crippen LogP) is -2.43. The van der Waals surface area contributed by atoms with Crippen molar-refractivity contribution in [3.63, 3.8) is 0 Å². The molecule has 0 saturated carbocycles. The number of quaternary nitrogens is 1. The summed E-state index contributed by atoms with van der Waals surface area (Å²) >= 11 is 0. The molecule has 1 rings (SSSR count). The lowest BCUT2D eigenvalue weighted by atomic mass is 10.2. The molecule has 0 N–H and O–H groups in total. The Morgan fingerprint density at radius 2 is 2.08 bits per heavy atom. The minimum atomic E-state index is 0. The van der Waals surface area contributed by atoms with E-state index in [0.717, 1.165) is 6.61 Å². The first-order valence-electron chi connectivity index (χ1n) is 4.06. The molecular formula is C9H16ClNO2. The zero-order chi connectivity index (χ0) is 9.35. The minimum absolute atomic E-state index is 0. The number of carbonyl (C=O) groups is 1. The van der Waals surface area contributed by atoms with E-state index in [0.29, 0.717) is 16.6 Å². The van der Waals surface area contributed by atoms with E-state index in [-0.39, 0.29) is 24.4 Å². The highest BCUT2D eigenvalue weighted by Crippen LogP contribution is 2.20. The first-order chi connectivity index (χ1) is 5.43. The van der Waals surface area contributed by atoms with E-state index < -0.39 is 0 Å². The Morgan fingerprint density at radius 3 is 2.38 bits per heavy atom. The number of hydrogen-bond acceptors (Lipinski definition) is 2. The molecule has 0 aromatic carbocycles. The van der Waals surface area contributed by atoms with Gasteiger partial charge in [-0.25, -0.2) is 0 Å². The molecule has 0 aromatic rings. The number of hydrogen-bond donors (Lipinski definition) is 0. The quantitative estimate of drug-likeness (QED) is 0.290. The van der Waals surface area contributed by atoms with Gasteiger partial charge in [-0.15, -0.1) is 0 Å². The molecule has 4 heteroatoms. The van der Waals surface area contributed by atoms with E-state index in [9.17, 15) is 4.79 Å². The highest BCUT2D eigenvalue weighted by atomic mass is 35.5. The molecule has 0 bridgehead atoms. The average Bonchev–Trinajstić information content (AvgIpc) is 2.65. The zero-order valence-corrected chi connectivity index (χ0v) is 9.10. The van der Waals surface area contributed by atoms with Gasteiger partial charge in [0.2, 0.25) is 12.0 Å². The Kier molecular flexibility index (Phi) is 4.10. The van der Waals surface area contributed by atoms with Gasteiger partial charge in [0.25, 0.3) is 0 Å². The summed E-state index contributed by atoms with van der Waals surface area (Å²) < 4.78 is 5.76. The van der Waals surface area contributed by atoms with Crippen molar-refractivity contribution in [2.45, 2.75) is 13.2 Å². The molecule has 0 amide bonds. The molecule has 0 spiro atoms. The van der Waals surface area contributed by atoms with Crippen LogP contribution in [-0.4, -0.2) is 43.7 Å². The van der Waals surface area contributed by atoms with E-state index in [4.69, 9.17) is 4.74 Å². The number of ketones is 1. The Morgan fingerprint density at radius 1 is 1.62 bits per heavy atom. The van der Waals surface area contributed by atoms with Crippen molar-refractivity contribution in [2.24, 2.45) is 0 Å². The molecule has 1 saturated heterocycles. The summed E-state index contributed by atoms with van der Waals surface area (Å²) in [5.74, 6) is 0.121. The Labute approximate surface area is 85.4 Å². The van der Waals surface area contributed by atoms with Gasteiger partial charge in [0.15, 0.2) is 0 Å². The van der Waals surface area contributed by atoms with Crippen LogP contribution < -0.4 is 12.4 Å². The van der Waals surface area contributed by atoms with Gasteiger partial charge in [0, 0.05) is 0 Å². The first kappa shape index (κ1) is 12.6. The highest BCUT2D eigenvalue weighted by Gasteiger charge is 2.41. The summed E-state index contributed by atoms with van der Waals surface area (Å²) in [6.07, 6.45) is 0.216. The summed E-state index contributed by atoms with van der Waals surface area (Å²) in [4.78, 5) is 11.3. The van der Waals surface area contributed by atoms with E-state index in [1.807, 2.05) is 14.1 Å². The number of rotatable bonds is 4. The van der Waals surface area contributed by atoms with Crippen molar-refractivity contribution in [3.05, 3.63) is 12.2 Å². The lowest BCUT2D eigenvalue weighted by Gasteiger charge is -2.26. The van der Waals surface area contributed by atoms with Crippen LogP contribution in [0.25, 0.3) is 0 Å². The van der Waals surface area contributed by atoms with Gasteiger partial charge in [-0.2, -0.15) is 0 Å². The van der Waals surface area contributed by atoms with E-state index in [1.54, 1.807) is 6.92 Å². The molecule has 76 valence electrons. The van der Waals surface area contributed by atoms with Crippen molar-refractivity contribution in [1.82, 2.24) is 0 Å². The lowest BCUT2D eigenvalue weighted by molar-refractivity contribution is -0.902. The Bertz CT molecular complexity index is 222. The molecule has 1 aliphatic rings. The molecule has 0 aromatic heterocycles. The maximum absolute atomic E-state index is 11.3. The minimum Gasteiger partial charge on any atom is -1.00 e. The molecule has 0 radical (unpaired) electrons. The van der Waals surface area contributed by atoms with Crippen molar-refractivity contribution >= 4 is 5.78 Å². The van der Waals surface area contributed by atoms with Crippen LogP contribution >= 0.6 is 0 Å². The fourth-order valence-electron chi connectivity index (χ4n) is 1.05. The van der Waals surface area contributed by atoms with Crippen LogP contribution in [0.1, 0.15) is 6.92 Å². The average molecular weight is 206 g/mol. The number of epoxide rings is 1. The molecular weight excluding hydrogens is 190 g/mol. The van der Waals surface area contributed by atoms with Crippen molar-refractivity contribution in [2.75, 3.05) is 27.2 Å². The SMILES string of the molecule is C=C(C)C(=O)C[N+](C)(C)C1CO1.[Cl-]. The number of halogens is 1. The van der Waals surface area contributed by atoms with Gasteiger partial charge < -0.3 is 17.1 Å². The molecule has 1 atom stereocenters. The van der Waals surface area contributed by atoms with E-state index in [1.165, 1.54) is 0 Å². The zero-order valence-electron chi connectivity index (χ0n) is 8.34. The van der Waals surface area contributed by atoms with Gasteiger partial charge >= 0.3 is 0 Å². The van der Waals surface area contributed by atoms with Crippen molar-refractivity contribution in [1.29, 1.82) is 0 Å². The van der Waals surface area contributed by atoms with Crippen LogP contribution in [0, 0.1) is 0 Å². The van der Waals surface area contributed by atoms with Gasteiger partial charge in [-0.1, -0.05) is 6.58 Å². The molecule has 0 aliphatic carbocycles. The smallest absolute Gasteiger partial charge is 0.217 e. The molecule has 13 heavy (non-hydrogen) atoms. The van der Waals surface area contributed by atoms with Crippen LogP contribution in [0.3, 0.4) is 0 Å². The number of nitrogens with zero attached hydrogens (tertiary/aromatic N) is 1. The van der Waals surface area contributed by atoms with Crippen LogP contribution in [-0.2, 0) is 9.53 Å².